The van der Waals surface area contributed by atoms with Crippen molar-refractivity contribution in [1.29, 1.82) is 5.26 Å². The number of ether oxygens (including phenoxy) is 1. The van der Waals surface area contributed by atoms with Crippen LogP contribution in [-0.2, 0) is 32.2 Å². The number of thiophene rings is 1. The number of aromatic nitrogens is 1. The molecule has 0 radical (unpaired) electrons. The molecule has 2 aromatic heterocycles. The van der Waals surface area contributed by atoms with Gasteiger partial charge in [0.2, 0.25) is 5.91 Å². The molecule has 2 fully saturated rings. The predicted octanol–water partition coefficient (Wildman–Crippen LogP) is 8.52. The molecule has 2 saturated heterocycles. The highest BCUT2D eigenvalue weighted by Gasteiger charge is 2.43. The maximum absolute atomic E-state index is 13.5. The van der Waals surface area contributed by atoms with Gasteiger partial charge < -0.3 is 29.5 Å². The molecule has 2 unspecified atom stereocenters. The van der Waals surface area contributed by atoms with Gasteiger partial charge in [0.05, 0.1) is 29.6 Å². The van der Waals surface area contributed by atoms with Gasteiger partial charge in [-0.3, -0.25) is 14.6 Å². The molecule has 1 amide bonds. The fraction of sp³-hybridized carbons (Fsp3) is 0.513. The number of aliphatic carboxylic acids is 1. The molecule has 56 heavy (non-hydrogen) atoms. The number of likely N-dealkylation sites (tertiary alicyclic amines) is 2. The number of para-hydroxylation sites is 1. The number of halogens is 6. The van der Waals surface area contributed by atoms with Crippen molar-refractivity contribution in [2.45, 2.75) is 89.0 Å². The molecule has 308 valence electrons. The third-order valence-electron chi connectivity index (χ3n) is 9.49. The average molecular weight is 815 g/mol. The summed E-state index contributed by atoms with van der Waals surface area (Å²) in [4.78, 5) is 39.3. The first kappa shape index (κ1) is 47.5. The van der Waals surface area contributed by atoms with Gasteiger partial charge in [-0.15, -0.1) is 11.3 Å². The first-order valence-electron chi connectivity index (χ1n) is 17.9. The number of carbonyl (C=O) groups excluding carboxylic acids is 2. The zero-order valence-corrected chi connectivity index (χ0v) is 32.4. The van der Waals surface area contributed by atoms with Crippen LogP contribution in [0.5, 0.6) is 11.5 Å². The van der Waals surface area contributed by atoms with Gasteiger partial charge in [-0.2, -0.15) is 31.6 Å². The number of carboxylic acids is 1. The second-order valence-corrected chi connectivity index (χ2v) is 14.2. The number of benzene rings is 1. The standard InChI is InChI=1S/C26H37N3O4.C7H6F3N.C5H3F3OS.CH2O/c1-3-8-22-20(9-6-15-28(22)2)25(32)29-16-13-26(19-27,14-17-29)21-10-4-5-11-23(21)33-18-7-12-24(30)31;1-5-4-11-3-2-6(5)7(8,9)10;6-5(7,8)4-1-3(9)2-10-4;1-2/h4-5,10-11,20,22H,3,6-9,12-18H2,1-2H3,(H,30,31);2-4H,1H3;1-2,9H;1H2. The number of hydrogen-bond donors (Lipinski definition) is 2. The Balaban J connectivity index is 0.000000380. The summed E-state index contributed by atoms with van der Waals surface area (Å²) in [6.45, 7) is 8.04. The summed E-state index contributed by atoms with van der Waals surface area (Å²) in [5.74, 6) is -0.255. The zero-order valence-electron chi connectivity index (χ0n) is 31.5. The van der Waals surface area contributed by atoms with Crippen molar-refractivity contribution < 1.29 is 55.7 Å². The molecule has 10 nitrogen and oxygen atoms in total. The summed E-state index contributed by atoms with van der Waals surface area (Å²) in [7, 11) is 2.13. The van der Waals surface area contributed by atoms with E-state index in [2.05, 4.69) is 29.9 Å². The molecule has 2 aliphatic rings. The number of aromatic hydroxyl groups is 1. The number of rotatable bonds is 9. The van der Waals surface area contributed by atoms with Gasteiger partial charge in [0, 0.05) is 55.0 Å². The highest BCUT2D eigenvalue weighted by molar-refractivity contribution is 7.10. The van der Waals surface area contributed by atoms with Crippen LogP contribution >= 0.6 is 11.3 Å². The Labute approximate surface area is 326 Å². The number of aryl methyl sites for hydroxylation is 1. The molecule has 5 rings (SSSR count). The summed E-state index contributed by atoms with van der Waals surface area (Å²) >= 11 is 0.481. The third kappa shape index (κ3) is 13.8. The van der Waals surface area contributed by atoms with Gasteiger partial charge >= 0.3 is 18.3 Å². The zero-order chi connectivity index (χ0) is 42.1. The number of amides is 1. The second-order valence-electron chi connectivity index (χ2n) is 13.3. The van der Waals surface area contributed by atoms with Crippen molar-refractivity contribution in [2.75, 3.05) is 33.3 Å². The molecule has 2 atom stereocenters. The van der Waals surface area contributed by atoms with Gasteiger partial charge in [-0.1, -0.05) is 31.5 Å². The quantitative estimate of drug-likeness (QED) is 0.161. The summed E-state index contributed by atoms with van der Waals surface area (Å²) in [5.41, 5.74) is -0.324. The van der Waals surface area contributed by atoms with E-state index in [1.807, 2.05) is 36.0 Å². The number of alkyl halides is 6. The lowest BCUT2D eigenvalue weighted by molar-refractivity contribution is -0.141. The number of carboxylic acid groups (broad SMARTS) is 1. The number of nitriles is 1. The van der Waals surface area contributed by atoms with E-state index in [4.69, 9.17) is 19.7 Å². The van der Waals surface area contributed by atoms with Crippen LogP contribution in [0.3, 0.4) is 0 Å². The first-order chi connectivity index (χ1) is 26.4. The van der Waals surface area contributed by atoms with E-state index in [1.54, 1.807) is 0 Å². The Kier molecular flexibility index (Phi) is 18.8. The van der Waals surface area contributed by atoms with E-state index in [-0.39, 0.29) is 29.6 Å². The number of pyridine rings is 1. The van der Waals surface area contributed by atoms with Gasteiger partial charge in [-0.25, -0.2) is 0 Å². The van der Waals surface area contributed by atoms with E-state index in [0.29, 0.717) is 68.2 Å². The summed E-state index contributed by atoms with van der Waals surface area (Å²) < 4.78 is 77.1. The topological polar surface area (TPSA) is 144 Å². The van der Waals surface area contributed by atoms with E-state index < -0.39 is 34.2 Å². The number of nitrogens with zero attached hydrogens (tertiary/aromatic N) is 4. The minimum absolute atomic E-state index is 0.0446. The molecule has 4 heterocycles. The molecule has 0 saturated carbocycles. The van der Waals surface area contributed by atoms with Crippen molar-refractivity contribution in [3.63, 3.8) is 0 Å². The minimum Gasteiger partial charge on any atom is -0.507 e. The molecular weight excluding hydrogens is 767 g/mol. The average Bonchev–Trinajstić information content (AvgIpc) is 3.62. The molecule has 0 aliphatic carbocycles. The molecule has 1 aromatic carbocycles. The second kappa shape index (κ2) is 22.2. The Hall–Kier alpha value is -4.69. The SMILES string of the molecule is C=O.CCCC1C(C(=O)N2CCC(C#N)(c3ccccc3OCCCC(=O)O)CC2)CCCN1C.Cc1cnccc1C(F)(F)F.Oc1csc(C(F)(F)F)c1. The fourth-order valence-corrected chi connectivity index (χ4v) is 7.31. The minimum atomic E-state index is -4.33. The third-order valence-corrected chi connectivity index (χ3v) is 10.4. The molecule has 3 aromatic rings. The van der Waals surface area contributed by atoms with Crippen molar-refractivity contribution in [1.82, 2.24) is 14.8 Å². The van der Waals surface area contributed by atoms with Gasteiger partial charge in [0.1, 0.15) is 23.2 Å². The summed E-state index contributed by atoms with van der Waals surface area (Å²) in [6, 6.07) is 12.1. The summed E-state index contributed by atoms with van der Waals surface area (Å²) in [5, 5.41) is 28.6. The lowest BCUT2D eigenvalue weighted by atomic mass is 9.73. The monoisotopic (exact) mass is 814 g/mol. The van der Waals surface area contributed by atoms with E-state index in [0.717, 1.165) is 55.4 Å². The summed E-state index contributed by atoms with van der Waals surface area (Å²) in [6.07, 6.45) is -0.529. The van der Waals surface area contributed by atoms with E-state index >= 15 is 0 Å². The number of carbonyl (C=O) groups is 3. The van der Waals surface area contributed by atoms with Gasteiger partial charge in [0.15, 0.2) is 0 Å². The van der Waals surface area contributed by atoms with Crippen molar-refractivity contribution >= 4 is 30.0 Å². The Morgan fingerprint density at radius 2 is 1.75 bits per heavy atom. The van der Waals surface area contributed by atoms with Crippen molar-refractivity contribution in [2.24, 2.45) is 5.92 Å². The van der Waals surface area contributed by atoms with Crippen molar-refractivity contribution in [3.05, 3.63) is 75.7 Å². The van der Waals surface area contributed by atoms with Crippen LogP contribution in [0.15, 0.2) is 54.2 Å². The van der Waals surface area contributed by atoms with E-state index in [9.17, 15) is 41.2 Å². The molecular formula is C39H48F6N4O6S. The van der Waals surface area contributed by atoms with Crippen LogP contribution in [0, 0.1) is 24.2 Å². The van der Waals surface area contributed by atoms with Crippen LogP contribution < -0.4 is 4.74 Å². The molecule has 0 spiro atoms. The normalized spacial score (nSPS) is 18.0. The van der Waals surface area contributed by atoms with E-state index in [1.165, 1.54) is 13.1 Å². The van der Waals surface area contributed by atoms with Crippen molar-refractivity contribution in [3.8, 4) is 17.6 Å². The van der Waals surface area contributed by atoms with Gasteiger partial charge in [-0.05, 0) is 76.7 Å². The molecule has 2 aliphatic heterocycles. The lowest BCUT2D eigenvalue weighted by Gasteiger charge is -2.43. The van der Waals surface area contributed by atoms with Crippen LogP contribution in [0.4, 0.5) is 26.3 Å². The Morgan fingerprint density at radius 1 is 1.09 bits per heavy atom. The smallest absolute Gasteiger partial charge is 0.425 e. The Bertz CT molecular complexity index is 1720. The highest BCUT2D eigenvalue weighted by Crippen LogP contribution is 2.41. The highest BCUT2D eigenvalue weighted by atomic mass is 32.1. The number of hydrogen-bond acceptors (Lipinski definition) is 9. The lowest BCUT2D eigenvalue weighted by Crippen LogP contribution is -2.53. The fourth-order valence-electron chi connectivity index (χ4n) is 6.68. The largest absolute Gasteiger partial charge is 0.507 e. The van der Waals surface area contributed by atoms with Crippen LogP contribution in [0.25, 0.3) is 0 Å². The Morgan fingerprint density at radius 3 is 2.25 bits per heavy atom. The van der Waals surface area contributed by atoms with Gasteiger partial charge in [0.25, 0.3) is 0 Å². The maximum atomic E-state index is 13.5. The molecule has 2 N–H and O–H groups in total. The molecule has 17 heteroatoms. The first-order valence-corrected chi connectivity index (χ1v) is 18.8. The van der Waals surface area contributed by atoms with Crippen LogP contribution in [0.1, 0.15) is 79.9 Å². The van der Waals surface area contributed by atoms with Crippen LogP contribution in [-0.4, -0.2) is 83.0 Å². The number of piperidine rings is 2. The predicted molar refractivity (Wildman–Crippen MR) is 198 cm³/mol. The molecule has 0 bridgehead atoms. The van der Waals surface area contributed by atoms with Crippen LogP contribution in [0.2, 0.25) is 0 Å². The maximum Gasteiger partial charge on any atom is 0.425 e.